The Kier molecular flexibility index (Phi) is 6.37. The number of anilines is 1. The molecule has 0 heterocycles. The van der Waals surface area contributed by atoms with Crippen molar-refractivity contribution in [2.45, 2.75) is 33.0 Å². The van der Waals surface area contributed by atoms with E-state index in [1.165, 1.54) is 6.07 Å². The van der Waals surface area contributed by atoms with Gasteiger partial charge in [0.1, 0.15) is 23.8 Å². The summed E-state index contributed by atoms with van der Waals surface area (Å²) >= 11 is 3.13. The van der Waals surface area contributed by atoms with Gasteiger partial charge >= 0.3 is 6.09 Å². The van der Waals surface area contributed by atoms with Gasteiger partial charge < -0.3 is 9.47 Å². The van der Waals surface area contributed by atoms with Crippen molar-refractivity contribution in [3.8, 4) is 5.75 Å². The van der Waals surface area contributed by atoms with Crippen molar-refractivity contribution < 1.29 is 23.5 Å². The van der Waals surface area contributed by atoms with Crippen molar-refractivity contribution in [3.05, 3.63) is 57.8 Å². The summed E-state index contributed by atoms with van der Waals surface area (Å²) in [5.41, 5.74) is -0.0745. The minimum atomic E-state index is -0.646. The summed E-state index contributed by atoms with van der Waals surface area (Å²) in [6, 6.07) is 9.85. The van der Waals surface area contributed by atoms with Crippen molar-refractivity contribution in [2.75, 3.05) is 5.32 Å². The molecule has 0 atom stereocenters. The molecule has 0 aliphatic rings. The van der Waals surface area contributed by atoms with Gasteiger partial charge in [-0.3, -0.25) is 10.1 Å². The molecular weight excluding hydrogens is 405 g/mol. The first-order valence-electron chi connectivity index (χ1n) is 7.85. The molecule has 0 spiro atoms. The van der Waals surface area contributed by atoms with Crippen LogP contribution in [-0.2, 0) is 11.3 Å². The topological polar surface area (TPSA) is 64.6 Å². The van der Waals surface area contributed by atoms with Crippen LogP contribution in [0.15, 0.2) is 40.9 Å². The number of carbonyl (C=O) groups is 2. The van der Waals surface area contributed by atoms with Gasteiger partial charge in [0.25, 0.3) is 0 Å². The molecule has 1 N–H and O–H groups in total. The lowest BCUT2D eigenvalue weighted by Gasteiger charge is -2.20. The molecule has 2 rings (SSSR count). The Bertz CT molecular complexity index is 818. The molecule has 7 heteroatoms. The lowest BCUT2D eigenvalue weighted by atomic mass is 10.1. The molecule has 26 heavy (non-hydrogen) atoms. The summed E-state index contributed by atoms with van der Waals surface area (Å²) in [7, 11) is 0. The van der Waals surface area contributed by atoms with Crippen molar-refractivity contribution in [2.24, 2.45) is 0 Å². The number of carbonyl (C=O) groups excluding carboxylic acids is 2. The molecule has 0 radical (unpaired) electrons. The maximum atomic E-state index is 14.3. The van der Waals surface area contributed by atoms with E-state index in [9.17, 15) is 14.0 Å². The summed E-state index contributed by atoms with van der Waals surface area (Å²) in [5.74, 6) is -0.291. The maximum absolute atomic E-state index is 14.3. The highest BCUT2D eigenvalue weighted by atomic mass is 79.9. The molecule has 0 saturated carbocycles. The number of hydrogen-bond donors (Lipinski definition) is 1. The van der Waals surface area contributed by atoms with E-state index in [0.29, 0.717) is 22.2 Å². The summed E-state index contributed by atoms with van der Waals surface area (Å²) in [5, 5.41) is 2.61. The Morgan fingerprint density at radius 3 is 2.58 bits per heavy atom. The van der Waals surface area contributed by atoms with Gasteiger partial charge in [0.2, 0.25) is 0 Å². The van der Waals surface area contributed by atoms with E-state index in [1.807, 2.05) is 0 Å². The monoisotopic (exact) mass is 423 g/mol. The van der Waals surface area contributed by atoms with Crippen LogP contribution in [0.4, 0.5) is 14.9 Å². The van der Waals surface area contributed by atoms with Crippen molar-refractivity contribution in [3.63, 3.8) is 0 Å². The molecule has 0 fully saturated rings. The highest BCUT2D eigenvalue weighted by Gasteiger charge is 2.18. The smallest absolute Gasteiger partial charge is 0.412 e. The van der Waals surface area contributed by atoms with E-state index in [2.05, 4.69) is 21.2 Å². The average molecular weight is 424 g/mol. The molecule has 1 amide bonds. The Morgan fingerprint density at radius 2 is 1.92 bits per heavy atom. The van der Waals surface area contributed by atoms with E-state index in [0.717, 1.165) is 0 Å². The third-order valence-electron chi connectivity index (χ3n) is 3.23. The molecule has 0 saturated heterocycles. The van der Waals surface area contributed by atoms with Gasteiger partial charge in [-0.25, -0.2) is 9.18 Å². The third kappa shape index (κ3) is 5.29. The number of para-hydroxylation sites is 2. The third-order valence-corrected chi connectivity index (χ3v) is 3.92. The predicted molar refractivity (Wildman–Crippen MR) is 100 cm³/mol. The fourth-order valence-electron chi connectivity index (χ4n) is 2.10. The lowest BCUT2D eigenvalue weighted by molar-refractivity contribution is 0.0635. The fourth-order valence-corrected chi connectivity index (χ4v) is 2.50. The molecule has 0 bridgehead atoms. The van der Waals surface area contributed by atoms with E-state index in [1.54, 1.807) is 51.1 Å². The highest BCUT2D eigenvalue weighted by molar-refractivity contribution is 9.10. The van der Waals surface area contributed by atoms with Gasteiger partial charge in [-0.2, -0.15) is 0 Å². The average Bonchev–Trinajstić information content (AvgIpc) is 2.54. The molecule has 2 aromatic rings. The van der Waals surface area contributed by atoms with E-state index < -0.39 is 17.5 Å². The minimum absolute atomic E-state index is 0.0636. The normalized spacial score (nSPS) is 11.0. The molecule has 0 aromatic heterocycles. The summed E-state index contributed by atoms with van der Waals surface area (Å²) in [6.07, 6.45) is -0.174. The van der Waals surface area contributed by atoms with Gasteiger partial charge in [0, 0.05) is 10.0 Å². The van der Waals surface area contributed by atoms with Crippen LogP contribution in [0.25, 0.3) is 0 Å². The van der Waals surface area contributed by atoms with E-state index in [4.69, 9.17) is 9.47 Å². The summed E-state index contributed by atoms with van der Waals surface area (Å²) in [4.78, 5) is 22.9. The maximum Gasteiger partial charge on any atom is 0.412 e. The van der Waals surface area contributed by atoms with Crippen LogP contribution >= 0.6 is 15.9 Å². The number of ether oxygens (including phenoxy) is 2. The Balaban J connectivity index is 2.14. The van der Waals surface area contributed by atoms with Gasteiger partial charge in [-0.05, 0) is 54.9 Å². The number of halogens is 2. The number of rotatable bonds is 5. The molecular formula is C19H19BrFNO4. The second-order valence-electron chi connectivity index (χ2n) is 6.46. The Morgan fingerprint density at radius 1 is 1.23 bits per heavy atom. The van der Waals surface area contributed by atoms with E-state index in [-0.39, 0.29) is 17.7 Å². The highest BCUT2D eigenvalue weighted by Crippen LogP contribution is 2.27. The Labute approximate surface area is 159 Å². The van der Waals surface area contributed by atoms with Gasteiger partial charge in [0.15, 0.2) is 6.29 Å². The predicted octanol–water partition coefficient (Wildman–Crippen LogP) is 5.33. The zero-order valence-electron chi connectivity index (χ0n) is 14.6. The van der Waals surface area contributed by atoms with Crippen molar-refractivity contribution in [1.29, 1.82) is 0 Å². The second-order valence-corrected chi connectivity index (χ2v) is 7.32. The van der Waals surface area contributed by atoms with Crippen molar-refractivity contribution in [1.82, 2.24) is 0 Å². The molecule has 138 valence electrons. The van der Waals surface area contributed by atoms with Crippen LogP contribution in [0.2, 0.25) is 0 Å². The van der Waals surface area contributed by atoms with Crippen LogP contribution in [-0.4, -0.2) is 18.0 Å². The zero-order chi connectivity index (χ0) is 19.3. The van der Waals surface area contributed by atoms with Crippen LogP contribution < -0.4 is 10.1 Å². The zero-order valence-corrected chi connectivity index (χ0v) is 16.2. The summed E-state index contributed by atoms with van der Waals surface area (Å²) in [6.45, 7) is 5.18. The molecule has 5 nitrogen and oxygen atoms in total. The first kappa shape index (κ1) is 19.9. The number of hydrogen-bond acceptors (Lipinski definition) is 4. The minimum Gasteiger partial charge on any atom is -0.487 e. The number of benzene rings is 2. The van der Waals surface area contributed by atoms with E-state index >= 15 is 0 Å². The first-order chi connectivity index (χ1) is 12.2. The summed E-state index contributed by atoms with van der Waals surface area (Å²) < 4.78 is 25.5. The molecule has 0 aliphatic carbocycles. The lowest BCUT2D eigenvalue weighted by Crippen LogP contribution is -2.27. The van der Waals surface area contributed by atoms with Gasteiger partial charge in [0.05, 0.1) is 11.3 Å². The number of aldehydes is 1. The van der Waals surface area contributed by atoms with Crippen LogP contribution in [0, 0.1) is 5.82 Å². The van der Waals surface area contributed by atoms with Crippen LogP contribution in [0.1, 0.15) is 36.7 Å². The largest absolute Gasteiger partial charge is 0.487 e. The molecule has 0 aliphatic heterocycles. The standard InChI is InChI=1S/C19H19BrFNO4/c1-19(2,3)26-18(24)22-15-6-4-5-7-16(15)25-11-12-8-9-14(20)13(10-23)17(12)21/h4-10H,11H2,1-3H3,(H,22,24). The van der Waals surface area contributed by atoms with Gasteiger partial charge in [-0.1, -0.05) is 18.2 Å². The fraction of sp³-hybridized carbons (Fsp3) is 0.263. The van der Waals surface area contributed by atoms with Crippen LogP contribution in [0.3, 0.4) is 0 Å². The Hall–Kier alpha value is -2.41. The van der Waals surface area contributed by atoms with Crippen molar-refractivity contribution >= 4 is 34.0 Å². The second kappa shape index (κ2) is 8.31. The number of amides is 1. The van der Waals surface area contributed by atoms with Crippen LogP contribution in [0.5, 0.6) is 5.75 Å². The first-order valence-corrected chi connectivity index (χ1v) is 8.64. The molecule has 2 aromatic carbocycles. The SMILES string of the molecule is CC(C)(C)OC(=O)Nc1ccccc1OCc1ccc(Br)c(C=O)c1F. The van der Waals surface area contributed by atoms with Gasteiger partial charge in [-0.15, -0.1) is 0 Å². The number of nitrogens with one attached hydrogen (secondary N) is 1. The quantitative estimate of drug-likeness (QED) is 0.660. The molecule has 0 unspecified atom stereocenters.